The van der Waals surface area contributed by atoms with Crippen LogP contribution in [0, 0.1) is 11.3 Å². The average Bonchev–Trinajstić information content (AvgIpc) is 2.84. The van der Waals surface area contributed by atoms with Crippen LogP contribution < -0.4 is 0 Å². The van der Waals surface area contributed by atoms with Crippen molar-refractivity contribution in [1.82, 2.24) is 15.0 Å². The maximum atomic E-state index is 12.9. The molecule has 1 N–H and O–H groups in total. The number of halogens is 3. The van der Waals surface area contributed by atoms with Gasteiger partial charge in [-0.05, 0) is 18.2 Å². The van der Waals surface area contributed by atoms with Crippen molar-refractivity contribution >= 4 is 5.97 Å². The highest BCUT2D eigenvalue weighted by molar-refractivity contribution is 5.69. The van der Waals surface area contributed by atoms with Crippen LogP contribution in [0.1, 0.15) is 16.8 Å². The number of rotatable bonds is 3. The third kappa shape index (κ3) is 3.00. The molecular weight excluding hydrogens is 289 g/mol. The lowest BCUT2D eigenvalue weighted by atomic mass is 10.1. The zero-order valence-corrected chi connectivity index (χ0v) is 10.3. The molecule has 0 amide bonds. The van der Waals surface area contributed by atoms with E-state index in [9.17, 15) is 18.0 Å². The number of benzene rings is 1. The normalized spacial score (nSPS) is 11.1. The van der Waals surface area contributed by atoms with Crippen molar-refractivity contribution in [2.24, 2.45) is 0 Å². The number of carboxylic acids is 1. The smallest absolute Gasteiger partial charge is 0.417 e. The molecule has 1 aromatic carbocycles. The summed E-state index contributed by atoms with van der Waals surface area (Å²) in [4.78, 5) is 10.7. The molecular formula is C12H7F3N4O2. The molecule has 1 aromatic heterocycles. The van der Waals surface area contributed by atoms with Crippen molar-refractivity contribution in [3.63, 3.8) is 0 Å². The summed E-state index contributed by atoms with van der Waals surface area (Å²) in [5, 5.41) is 24.5. The second-order valence-corrected chi connectivity index (χ2v) is 4.05. The Balaban J connectivity index is 2.54. The van der Waals surface area contributed by atoms with Gasteiger partial charge in [-0.1, -0.05) is 5.21 Å². The second-order valence-electron chi connectivity index (χ2n) is 4.05. The van der Waals surface area contributed by atoms with Gasteiger partial charge in [0.05, 0.1) is 41.2 Å². The number of alkyl halides is 3. The third-order valence-electron chi connectivity index (χ3n) is 2.63. The number of hydrogen-bond donors (Lipinski definition) is 1. The highest BCUT2D eigenvalue weighted by Crippen LogP contribution is 2.33. The first-order valence-electron chi connectivity index (χ1n) is 5.56. The maximum Gasteiger partial charge on any atom is 0.417 e. The lowest BCUT2D eigenvalue weighted by Gasteiger charge is -2.11. The number of nitriles is 1. The van der Waals surface area contributed by atoms with Gasteiger partial charge in [0.2, 0.25) is 0 Å². The standard InChI is InChI=1S/C12H7F3N4O2/c13-12(14,15)10-3-8(2-1-7(10)5-16)19-9(4-11(20)21)6-17-18-19/h1-3,6H,4H2,(H,20,21). The first-order valence-corrected chi connectivity index (χ1v) is 5.56. The zero-order valence-electron chi connectivity index (χ0n) is 10.3. The summed E-state index contributed by atoms with van der Waals surface area (Å²) in [6.07, 6.45) is -3.98. The minimum absolute atomic E-state index is 0.0184. The molecule has 6 nitrogen and oxygen atoms in total. The summed E-state index contributed by atoms with van der Waals surface area (Å²) in [6, 6.07) is 4.44. The zero-order chi connectivity index (χ0) is 15.6. The summed E-state index contributed by atoms with van der Waals surface area (Å²) >= 11 is 0. The molecule has 2 rings (SSSR count). The van der Waals surface area contributed by atoms with Gasteiger partial charge in [-0.3, -0.25) is 4.79 Å². The molecule has 0 fully saturated rings. The van der Waals surface area contributed by atoms with Crippen LogP contribution in [0.15, 0.2) is 24.4 Å². The fraction of sp³-hybridized carbons (Fsp3) is 0.167. The van der Waals surface area contributed by atoms with Crippen molar-refractivity contribution in [2.45, 2.75) is 12.6 Å². The van der Waals surface area contributed by atoms with E-state index in [1.54, 1.807) is 0 Å². The number of carbonyl (C=O) groups is 1. The fourth-order valence-corrected chi connectivity index (χ4v) is 1.75. The number of nitrogens with zero attached hydrogens (tertiary/aromatic N) is 4. The largest absolute Gasteiger partial charge is 0.481 e. The Labute approximate surface area is 116 Å². The van der Waals surface area contributed by atoms with Gasteiger partial charge in [-0.2, -0.15) is 18.4 Å². The number of hydrogen-bond acceptors (Lipinski definition) is 4. The first-order chi connectivity index (χ1) is 9.82. The van der Waals surface area contributed by atoms with Crippen molar-refractivity contribution in [3.8, 4) is 11.8 Å². The molecule has 108 valence electrons. The topological polar surface area (TPSA) is 91.8 Å². The van der Waals surface area contributed by atoms with E-state index >= 15 is 0 Å². The van der Waals surface area contributed by atoms with Crippen molar-refractivity contribution in [2.75, 3.05) is 0 Å². The van der Waals surface area contributed by atoms with E-state index in [0.717, 1.165) is 23.0 Å². The van der Waals surface area contributed by atoms with E-state index in [-0.39, 0.29) is 11.4 Å². The summed E-state index contributed by atoms with van der Waals surface area (Å²) in [5.74, 6) is -1.16. The number of aliphatic carboxylic acids is 1. The quantitative estimate of drug-likeness (QED) is 0.932. The van der Waals surface area contributed by atoms with Crippen LogP contribution in [0.4, 0.5) is 13.2 Å². The molecule has 0 radical (unpaired) electrons. The minimum atomic E-state index is -4.70. The minimum Gasteiger partial charge on any atom is -0.481 e. The van der Waals surface area contributed by atoms with Gasteiger partial charge in [-0.15, -0.1) is 5.10 Å². The van der Waals surface area contributed by atoms with Crippen LogP contribution >= 0.6 is 0 Å². The van der Waals surface area contributed by atoms with Crippen LogP contribution in [0.25, 0.3) is 5.69 Å². The van der Waals surface area contributed by atoms with E-state index in [2.05, 4.69) is 10.3 Å². The van der Waals surface area contributed by atoms with Gasteiger partial charge < -0.3 is 5.11 Å². The molecule has 0 aliphatic carbocycles. The van der Waals surface area contributed by atoms with Crippen molar-refractivity contribution < 1.29 is 23.1 Å². The van der Waals surface area contributed by atoms with Gasteiger partial charge >= 0.3 is 12.1 Å². The Morgan fingerprint density at radius 3 is 2.71 bits per heavy atom. The average molecular weight is 296 g/mol. The SMILES string of the molecule is N#Cc1ccc(-n2nncc2CC(=O)O)cc1C(F)(F)F. The van der Waals surface area contributed by atoms with E-state index in [0.29, 0.717) is 0 Å². The highest BCUT2D eigenvalue weighted by atomic mass is 19.4. The van der Waals surface area contributed by atoms with Crippen LogP contribution in [-0.4, -0.2) is 26.1 Å². The van der Waals surface area contributed by atoms with Gasteiger partial charge in [0.25, 0.3) is 0 Å². The van der Waals surface area contributed by atoms with E-state index in [1.807, 2.05) is 0 Å². The van der Waals surface area contributed by atoms with Crippen molar-refractivity contribution in [1.29, 1.82) is 5.26 Å². The highest BCUT2D eigenvalue weighted by Gasteiger charge is 2.34. The molecule has 0 saturated heterocycles. The van der Waals surface area contributed by atoms with Crippen LogP contribution in [0.2, 0.25) is 0 Å². The molecule has 0 aliphatic rings. The second kappa shape index (κ2) is 5.24. The van der Waals surface area contributed by atoms with E-state index < -0.39 is 29.7 Å². The summed E-state index contributed by atoms with van der Waals surface area (Å²) in [6.45, 7) is 0. The molecule has 1 heterocycles. The van der Waals surface area contributed by atoms with Gasteiger partial charge in [0.1, 0.15) is 0 Å². The lowest BCUT2D eigenvalue weighted by molar-refractivity contribution is -0.138. The molecule has 0 atom stereocenters. The lowest BCUT2D eigenvalue weighted by Crippen LogP contribution is -2.12. The Morgan fingerprint density at radius 2 is 2.14 bits per heavy atom. The first kappa shape index (κ1) is 14.5. The fourth-order valence-electron chi connectivity index (χ4n) is 1.75. The molecule has 21 heavy (non-hydrogen) atoms. The van der Waals surface area contributed by atoms with Crippen molar-refractivity contribution in [3.05, 3.63) is 41.2 Å². The van der Waals surface area contributed by atoms with E-state index in [1.165, 1.54) is 12.1 Å². The molecule has 0 bridgehead atoms. The summed E-state index contributed by atoms with van der Waals surface area (Å²) in [5.41, 5.74) is -1.53. The monoisotopic (exact) mass is 296 g/mol. The molecule has 0 unspecified atom stereocenters. The van der Waals surface area contributed by atoms with Gasteiger partial charge in [-0.25, -0.2) is 4.68 Å². The Hall–Kier alpha value is -2.89. The van der Waals surface area contributed by atoms with Gasteiger partial charge in [0.15, 0.2) is 0 Å². The Kier molecular flexibility index (Phi) is 3.62. The number of aromatic nitrogens is 3. The van der Waals surface area contributed by atoms with Gasteiger partial charge in [0, 0.05) is 0 Å². The predicted molar refractivity (Wildman–Crippen MR) is 62.4 cm³/mol. The third-order valence-corrected chi connectivity index (χ3v) is 2.63. The molecule has 0 spiro atoms. The summed E-state index contributed by atoms with van der Waals surface area (Å²) < 4.78 is 39.6. The van der Waals surface area contributed by atoms with Crippen LogP contribution in [0.5, 0.6) is 0 Å². The van der Waals surface area contributed by atoms with Crippen LogP contribution in [-0.2, 0) is 17.4 Å². The van der Waals surface area contributed by atoms with E-state index in [4.69, 9.17) is 10.4 Å². The summed E-state index contributed by atoms with van der Waals surface area (Å²) in [7, 11) is 0. The molecule has 0 saturated carbocycles. The Morgan fingerprint density at radius 1 is 1.43 bits per heavy atom. The Bertz CT molecular complexity index is 731. The molecule has 9 heteroatoms. The predicted octanol–water partition coefficient (Wildman–Crippen LogP) is 1.78. The molecule has 0 aliphatic heterocycles. The molecule has 2 aromatic rings. The maximum absolute atomic E-state index is 12.9. The van der Waals surface area contributed by atoms with Crippen LogP contribution in [0.3, 0.4) is 0 Å². The number of carboxylic acid groups (broad SMARTS) is 1.